The van der Waals surface area contributed by atoms with Crippen LogP contribution >= 0.6 is 11.8 Å². The predicted molar refractivity (Wildman–Crippen MR) is 91.1 cm³/mol. The number of hydrogen-bond acceptors (Lipinski definition) is 5. The van der Waals surface area contributed by atoms with E-state index in [0.717, 1.165) is 29.6 Å². The van der Waals surface area contributed by atoms with E-state index in [1.165, 1.54) is 0 Å². The van der Waals surface area contributed by atoms with E-state index in [-0.39, 0.29) is 5.41 Å². The number of hydrogen-bond donors (Lipinski definition) is 1. The molecule has 0 aromatic carbocycles. The normalized spacial score (nSPS) is 13.2. The maximum absolute atomic E-state index is 4.77. The van der Waals surface area contributed by atoms with E-state index < -0.39 is 0 Å². The number of rotatable bonds is 6. The topological polar surface area (TPSA) is 41.0 Å². The SMILES string of the molecule is CCC(CSC)N(C)c1cc(NC)nc(C(C)(C)C)n1. The lowest BCUT2D eigenvalue weighted by molar-refractivity contribution is 0.543. The summed E-state index contributed by atoms with van der Waals surface area (Å²) in [6, 6.07) is 2.52. The molecule has 20 heavy (non-hydrogen) atoms. The third-order valence-electron chi connectivity index (χ3n) is 3.38. The number of aromatic nitrogens is 2. The van der Waals surface area contributed by atoms with E-state index in [4.69, 9.17) is 4.98 Å². The van der Waals surface area contributed by atoms with Gasteiger partial charge in [0.25, 0.3) is 0 Å². The van der Waals surface area contributed by atoms with Crippen molar-refractivity contribution in [1.29, 1.82) is 0 Å². The van der Waals surface area contributed by atoms with Crippen molar-refractivity contribution in [3.05, 3.63) is 11.9 Å². The zero-order valence-corrected chi connectivity index (χ0v) is 14.6. The molecule has 0 saturated heterocycles. The highest BCUT2D eigenvalue weighted by atomic mass is 32.2. The summed E-state index contributed by atoms with van der Waals surface area (Å²) in [4.78, 5) is 11.6. The molecule has 0 aliphatic rings. The number of nitrogens with one attached hydrogen (secondary N) is 1. The van der Waals surface area contributed by atoms with Crippen LogP contribution in [0.4, 0.5) is 11.6 Å². The Morgan fingerprint density at radius 2 is 2.00 bits per heavy atom. The van der Waals surface area contributed by atoms with E-state index in [0.29, 0.717) is 6.04 Å². The van der Waals surface area contributed by atoms with Gasteiger partial charge in [-0.1, -0.05) is 27.7 Å². The van der Waals surface area contributed by atoms with Crippen molar-refractivity contribution >= 4 is 23.4 Å². The van der Waals surface area contributed by atoms with Gasteiger partial charge in [-0.15, -0.1) is 0 Å². The monoisotopic (exact) mass is 296 g/mol. The van der Waals surface area contributed by atoms with Crippen molar-refractivity contribution in [2.45, 2.75) is 45.6 Å². The van der Waals surface area contributed by atoms with Crippen LogP contribution in [0.25, 0.3) is 0 Å². The second-order valence-electron chi connectivity index (χ2n) is 6.06. The first kappa shape index (κ1) is 17.1. The maximum Gasteiger partial charge on any atom is 0.138 e. The molecule has 1 heterocycles. The second kappa shape index (κ2) is 7.16. The molecule has 4 nitrogen and oxygen atoms in total. The van der Waals surface area contributed by atoms with Gasteiger partial charge in [0.2, 0.25) is 0 Å². The molecule has 0 aliphatic heterocycles. The maximum atomic E-state index is 4.77. The fourth-order valence-corrected chi connectivity index (χ4v) is 2.81. The van der Waals surface area contributed by atoms with Crippen molar-refractivity contribution in [2.75, 3.05) is 36.3 Å². The van der Waals surface area contributed by atoms with Crippen LogP contribution in [0.2, 0.25) is 0 Å². The summed E-state index contributed by atoms with van der Waals surface area (Å²) < 4.78 is 0. The molecule has 0 fully saturated rings. The Labute approximate surface area is 127 Å². The molecule has 0 aliphatic carbocycles. The Bertz CT molecular complexity index is 428. The first-order chi connectivity index (χ1) is 9.33. The Hall–Kier alpha value is -0.970. The highest BCUT2D eigenvalue weighted by Crippen LogP contribution is 2.25. The van der Waals surface area contributed by atoms with Gasteiger partial charge in [-0.3, -0.25) is 0 Å². The smallest absolute Gasteiger partial charge is 0.138 e. The Balaban J connectivity index is 3.16. The minimum atomic E-state index is -0.0519. The Kier molecular flexibility index (Phi) is 6.11. The third kappa shape index (κ3) is 4.27. The van der Waals surface area contributed by atoms with Gasteiger partial charge in [0.15, 0.2) is 0 Å². The van der Waals surface area contributed by atoms with E-state index >= 15 is 0 Å². The summed E-state index contributed by atoms with van der Waals surface area (Å²) >= 11 is 1.88. The number of thioether (sulfide) groups is 1. The van der Waals surface area contributed by atoms with E-state index in [1.807, 2.05) is 24.9 Å². The van der Waals surface area contributed by atoms with Gasteiger partial charge < -0.3 is 10.2 Å². The van der Waals surface area contributed by atoms with Crippen LogP contribution in [0, 0.1) is 0 Å². The van der Waals surface area contributed by atoms with Gasteiger partial charge in [-0.2, -0.15) is 11.8 Å². The van der Waals surface area contributed by atoms with Gasteiger partial charge in [-0.25, -0.2) is 9.97 Å². The molecule has 1 aromatic rings. The highest BCUT2D eigenvalue weighted by molar-refractivity contribution is 7.98. The van der Waals surface area contributed by atoms with Crippen LogP contribution in [0.1, 0.15) is 39.9 Å². The summed E-state index contributed by atoms with van der Waals surface area (Å²) in [7, 11) is 4.02. The highest BCUT2D eigenvalue weighted by Gasteiger charge is 2.21. The van der Waals surface area contributed by atoms with E-state index in [9.17, 15) is 0 Å². The van der Waals surface area contributed by atoms with Gasteiger partial charge in [0, 0.05) is 37.4 Å². The zero-order chi connectivity index (χ0) is 15.3. The summed E-state index contributed by atoms with van der Waals surface area (Å²) in [5.41, 5.74) is -0.0519. The average molecular weight is 296 g/mol. The average Bonchev–Trinajstić information content (AvgIpc) is 2.42. The minimum absolute atomic E-state index is 0.0519. The molecule has 1 N–H and O–H groups in total. The standard InChI is InChI=1S/C15H28N4S/c1-8-11(10-20-7)19(6)13-9-12(16-5)17-14(18-13)15(2,3)4/h9,11H,8,10H2,1-7H3,(H,16,17,18). The molecule has 114 valence electrons. The summed E-state index contributed by atoms with van der Waals surface area (Å²) in [6.07, 6.45) is 3.26. The van der Waals surface area contributed by atoms with Crippen LogP contribution in [0.15, 0.2) is 6.07 Å². The molecular formula is C15H28N4S. The first-order valence-electron chi connectivity index (χ1n) is 7.12. The van der Waals surface area contributed by atoms with Gasteiger partial charge in [0.05, 0.1) is 0 Å². The quantitative estimate of drug-likeness (QED) is 0.871. The first-order valence-corrected chi connectivity index (χ1v) is 8.52. The fourth-order valence-electron chi connectivity index (χ4n) is 1.96. The second-order valence-corrected chi connectivity index (χ2v) is 6.97. The van der Waals surface area contributed by atoms with Crippen LogP contribution in [-0.4, -0.2) is 42.1 Å². The molecule has 0 amide bonds. The summed E-state index contributed by atoms with van der Waals surface area (Å²) in [6.45, 7) is 8.66. The lowest BCUT2D eigenvalue weighted by Crippen LogP contribution is -2.34. The molecule has 0 spiro atoms. The van der Waals surface area contributed by atoms with Crippen molar-refractivity contribution in [2.24, 2.45) is 0 Å². The van der Waals surface area contributed by atoms with Gasteiger partial charge >= 0.3 is 0 Å². The largest absolute Gasteiger partial charge is 0.373 e. The van der Waals surface area contributed by atoms with Crippen molar-refractivity contribution < 1.29 is 0 Å². The Morgan fingerprint density at radius 3 is 2.45 bits per heavy atom. The number of anilines is 2. The van der Waals surface area contributed by atoms with Gasteiger partial charge in [0.1, 0.15) is 17.5 Å². The van der Waals surface area contributed by atoms with Crippen molar-refractivity contribution in [3.63, 3.8) is 0 Å². The van der Waals surface area contributed by atoms with Gasteiger partial charge in [-0.05, 0) is 12.7 Å². The molecule has 1 aromatic heterocycles. The number of nitrogens with zero attached hydrogens (tertiary/aromatic N) is 3. The van der Waals surface area contributed by atoms with Crippen LogP contribution in [-0.2, 0) is 5.41 Å². The van der Waals surface area contributed by atoms with Crippen molar-refractivity contribution in [1.82, 2.24) is 9.97 Å². The lowest BCUT2D eigenvalue weighted by atomic mass is 9.96. The summed E-state index contributed by atoms with van der Waals surface area (Å²) in [5, 5.41) is 3.14. The van der Waals surface area contributed by atoms with Crippen LogP contribution < -0.4 is 10.2 Å². The van der Waals surface area contributed by atoms with Crippen molar-refractivity contribution in [3.8, 4) is 0 Å². The molecule has 0 radical (unpaired) electrons. The zero-order valence-electron chi connectivity index (χ0n) is 13.8. The lowest BCUT2D eigenvalue weighted by Gasteiger charge is -2.29. The Morgan fingerprint density at radius 1 is 1.35 bits per heavy atom. The minimum Gasteiger partial charge on any atom is -0.373 e. The van der Waals surface area contributed by atoms with E-state index in [1.54, 1.807) is 0 Å². The molecule has 1 atom stereocenters. The third-order valence-corrected chi connectivity index (χ3v) is 4.10. The summed E-state index contributed by atoms with van der Waals surface area (Å²) in [5.74, 6) is 3.86. The fraction of sp³-hybridized carbons (Fsp3) is 0.733. The molecule has 0 saturated carbocycles. The van der Waals surface area contributed by atoms with Crippen LogP contribution in [0.5, 0.6) is 0 Å². The molecule has 0 bridgehead atoms. The molecule has 1 unspecified atom stereocenters. The molecule has 5 heteroatoms. The predicted octanol–water partition coefficient (Wildman–Crippen LogP) is 3.39. The van der Waals surface area contributed by atoms with Crippen LogP contribution in [0.3, 0.4) is 0 Å². The van der Waals surface area contributed by atoms with E-state index in [2.05, 4.69) is 56.2 Å². The molecule has 1 rings (SSSR count). The molecular weight excluding hydrogens is 268 g/mol.